The molecular formula is H3GeO4P. The van der Waals surface area contributed by atoms with Crippen molar-refractivity contribution in [2.75, 3.05) is 0 Å². The average molecular weight is 171 g/mol. The summed E-state index contributed by atoms with van der Waals surface area (Å²) in [6, 6.07) is 0. The van der Waals surface area contributed by atoms with Gasteiger partial charge in [-0.1, -0.05) is 0 Å². The largest absolute Gasteiger partial charge is 0.466 e. The summed E-state index contributed by atoms with van der Waals surface area (Å²) in [6.07, 6.45) is 0. The van der Waals surface area contributed by atoms with Gasteiger partial charge in [-0.15, -0.1) is 0 Å². The summed E-state index contributed by atoms with van der Waals surface area (Å²) in [5.74, 6) is 0. The Hall–Kier alpha value is 0.653. The van der Waals surface area contributed by atoms with Crippen molar-refractivity contribution >= 4 is 25.4 Å². The summed E-state index contributed by atoms with van der Waals surface area (Å²) < 4.78 is 8.88. The molecule has 3 N–H and O–H groups in total. The van der Waals surface area contributed by atoms with Gasteiger partial charge in [0.15, 0.2) is 0 Å². The van der Waals surface area contributed by atoms with Crippen LogP contribution in [-0.2, 0) is 4.57 Å². The molecule has 0 aromatic heterocycles. The van der Waals surface area contributed by atoms with Gasteiger partial charge in [-0.2, -0.15) is 0 Å². The Morgan fingerprint density at radius 2 is 1.17 bits per heavy atom. The van der Waals surface area contributed by atoms with Gasteiger partial charge in [-0.25, -0.2) is 4.57 Å². The second-order valence-electron chi connectivity index (χ2n) is 0.513. The maximum absolute atomic E-state index is 8.88. The fraction of sp³-hybridized carbons (Fsp3) is 0. The van der Waals surface area contributed by atoms with E-state index < -0.39 is 7.82 Å². The molecule has 4 radical (unpaired) electrons. The molecule has 0 amide bonds. The molecule has 0 bridgehead atoms. The summed E-state index contributed by atoms with van der Waals surface area (Å²) in [4.78, 5) is 21.6. The maximum atomic E-state index is 8.88. The van der Waals surface area contributed by atoms with Crippen LogP contribution in [0.5, 0.6) is 0 Å². The Morgan fingerprint density at radius 1 is 1.17 bits per heavy atom. The van der Waals surface area contributed by atoms with E-state index in [9.17, 15) is 0 Å². The van der Waals surface area contributed by atoms with E-state index in [1.165, 1.54) is 0 Å². The van der Waals surface area contributed by atoms with Gasteiger partial charge >= 0.3 is 7.82 Å². The van der Waals surface area contributed by atoms with Crippen LogP contribution in [0.25, 0.3) is 0 Å². The molecule has 36 valence electrons. The minimum absolute atomic E-state index is 0. The Balaban J connectivity index is 0. The average Bonchev–Trinajstić information content (AvgIpc) is 0.722. The number of phosphoric acid groups is 1. The van der Waals surface area contributed by atoms with Gasteiger partial charge in [-0.3, -0.25) is 0 Å². The van der Waals surface area contributed by atoms with Crippen molar-refractivity contribution in [2.45, 2.75) is 0 Å². The number of hydrogen-bond acceptors (Lipinski definition) is 1. The molecule has 0 atom stereocenters. The normalized spacial score (nSPS) is 9.83. The van der Waals surface area contributed by atoms with Crippen LogP contribution in [0.1, 0.15) is 0 Å². The van der Waals surface area contributed by atoms with Crippen molar-refractivity contribution in [1.82, 2.24) is 0 Å². The molecule has 0 saturated carbocycles. The molecule has 6 heteroatoms. The third-order valence-corrected chi connectivity index (χ3v) is 0. The van der Waals surface area contributed by atoms with Crippen molar-refractivity contribution in [2.24, 2.45) is 0 Å². The standard InChI is InChI=1S/Ge.H3O4P/c;1-5(2,3)4/h;(H3,1,2,3,4). The molecule has 0 aliphatic rings. The smallest absolute Gasteiger partial charge is 0.303 e. The topological polar surface area (TPSA) is 77.8 Å². The fourth-order valence-corrected chi connectivity index (χ4v) is 0. The second-order valence-corrected chi connectivity index (χ2v) is 1.54. The Bertz CT molecular complexity index is 53.7. The molecule has 0 aliphatic heterocycles. The van der Waals surface area contributed by atoms with Crippen LogP contribution in [0.3, 0.4) is 0 Å². The van der Waals surface area contributed by atoms with Gasteiger partial charge < -0.3 is 14.7 Å². The Kier molecular flexibility index (Phi) is 4.53. The fourth-order valence-electron chi connectivity index (χ4n) is 0. The van der Waals surface area contributed by atoms with E-state index in [1.807, 2.05) is 0 Å². The zero-order valence-electron chi connectivity index (χ0n) is 2.70. The molecule has 0 aromatic carbocycles. The Morgan fingerprint density at radius 3 is 1.17 bits per heavy atom. The zero-order valence-corrected chi connectivity index (χ0v) is 5.69. The molecule has 0 spiro atoms. The van der Waals surface area contributed by atoms with Crippen molar-refractivity contribution in [1.29, 1.82) is 0 Å². The predicted octanol–water partition coefficient (Wildman–Crippen LogP) is -1.31. The summed E-state index contributed by atoms with van der Waals surface area (Å²) in [7, 11) is -4.64. The van der Waals surface area contributed by atoms with Gasteiger partial charge in [0.25, 0.3) is 0 Å². The minimum atomic E-state index is -4.64. The molecule has 0 heterocycles. The molecule has 4 nitrogen and oxygen atoms in total. The van der Waals surface area contributed by atoms with Crippen molar-refractivity contribution in [3.63, 3.8) is 0 Å². The second kappa shape index (κ2) is 2.76. The first-order valence-corrected chi connectivity index (χ1v) is 2.35. The molecule has 6 heavy (non-hydrogen) atoms. The monoisotopic (exact) mass is 172 g/mol. The van der Waals surface area contributed by atoms with Gasteiger partial charge in [0, 0.05) is 17.6 Å². The number of rotatable bonds is 0. The summed E-state index contributed by atoms with van der Waals surface area (Å²) >= 11 is 0. The Labute approximate surface area is 45.4 Å². The van der Waals surface area contributed by atoms with Crippen LogP contribution in [-0.4, -0.2) is 32.3 Å². The third-order valence-electron chi connectivity index (χ3n) is 0. The zero-order chi connectivity index (χ0) is 4.50. The van der Waals surface area contributed by atoms with Crippen LogP contribution < -0.4 is 0 Å². The molecule has 0 unspecified atom stereocenters. The predicted molar refractivity (Wildman–Crippen MR) is 20.0 cm³/mol. The molecule has 0 fully saturated rings. The van der Waals surface area contributed by atoms with E-state index >= 15 is 0 Å². The minimum Gasteiger partial charge on any atom is -0.303 e. The van der Waals surface area contributed by atoms with Gasteiger partial charge in [-0.05, 0) is 0 Å². The first-order valence-electron chi connectivity index (χ1n) is 0.783. The molecule has 0 aliphatic carbocycles. The van der Waals surface area contributed by atoms with Gasteiger partial charge in [0.05, 0.1) is 0 Å². The van der Waals surface area contributed by atoms with Gasteiger partial charge in [0.1, 0.15) is 0 Å². The molecule has 0 aromatic rings. The van der Waals surface area contributed by atoms with Crippen LogP contribution in [0, 0.1) is 0 Å². The summed E-state index contributed by atoms with van der Waals surface area (Å²) in [5.41, 5.74) is 0. The first-order chi connectivity index (χ1) is 2.00. The van der Waals surface area contributed by atoms with Crippen molar-refractivity contribution in [3.05, 3.63) is 0 Å². The van der Waals surface area contributed by atoms with Crippen LogP contribution in [0.15, 0.2) is 0 Å². The van der Waals surface area contributed by atoms with E-state index in [2.05, 4.69) is 0 Å². The summed E-state index contributed by atoms with van der Waals surface area (Å²) in [5, 5.41) is 0. The van der Waals surface area contributed by atoms with E-state index in [0.29, 0.717) is 0 Å². The first kappa shape index (κ1) is 9.82. The quantitative estimate of drug-likeness (QED) is 0.312. The van der Waals surface area contributed by atoms with E-state index in [-0.39, 0.29) is 17.6 Å². The molecule has 0 rings (SSSR count). The summed E-state index contributed by atoms with van der Waals surface area (Å²) in [6.45, 7) is 0. The van der Waals surface area contributed by atoms with Crippen LogP contribution in [0.4, 0.5) is 0 Å². The van der Waals surface area contributed by atoms with Gasteiger partial charge in [0.2, 0.25) is 0 Å². The van der Waals surface area contributed by atoms with E-state index in [0.717, 1.165) is 0 Å². The van der Waals surface area contributed by atoms with Crippen molar-refractivity contribution < 1.29 is 19.2 Å². The molecular weight excluding hydrogens is 168 g/mol. The van der Waals surface area contributed by atoms with E-state index in [1.54, 1.807) is 0 Å². The molecule has 0 saturated heterocycles. The maximum Gasteiger partial charge on any atom is 0.466 e. The van der Waals surface area contributed by atoms with Crippen LogP contribution in [0.2, 0.25) is 0 Å². The third kappa shape index (κ3) is 146. The van der Waals surface area contributed by atoms with E-state index in [4.69, 9.17) is 19.2 Å². The SMILES string of the molecule is O=P(O)(O)O.[Ge]. The van der Waals surface area contributed by atoms with Crippen LogP contribution >= 0.6 is 7.82 Å². The number of hydrogen-bond donors (Lipinski definition) is 3. The van der Waals surface area contributed by atoms with Crippen molar-refractivity contribution in [3.8, 4) is 0 Å².